The molecule has 114 valence electrons. The van der Waals surface area contributed by atoms with Crippen molar-refractivity contribution >= 4 is 15.9 Å². The summed E-state index contributed by atoms with van der Waals surface area (Å²) in [7, 11) is 1.69. The first-order valence-electron chi connectivity index (χ1n) is 6.76. The van der Waals surface area contributed by atoms with E-state index in [0.717, 1.165) is 28.9 Å². The lowest BCUT2D eigenvalue weighted by atomic mass is 10.1. The molecule has 20 heavy (non-hydrogen) atoms. The third-order valence-corrected chi connectivity index (χ3v) is 3.43. The number of halogens is 1. The van der Waals surface area contributed by atoms with E-state index in [1.807, 2.05) is 18.2 Å². The van der Waals surface area contributed by atoms with E-state index in [4.69, 9.17) is 9.47 Å². The molecule has 0 spiro atoms. The second kappa shape index (κ2) is 8.62. The molecule has 1 aromatic rings. The van der Waals surface area contributed by atoms with Crippen LogP contribution in [0.15, 0.2) is 22.7 Å². The van der Waals surface area contributed by atoms with Crippen LogP contribution in [0.2, 0.25) is 0 Å². The summed E-state index contributed by atoms with van der Waals surface area (Å²) in [4.78, 5) is 0. The van der Waals surface area contributed by atoms with Crippen LogP contribution in [-0.4, -0.2) is 37.6 Å². The van der Waals surface area contributed by atoms with Crippen molar-refractivity contribution in [2.45, 2.75) is 32.4 Å². The highest BCUT2D eigenvalue weighted by Crippen LogP contribution is 2.29. The number of aliphatic hydroxyl groups is 1. The summed E-state index contributed by atoms with van der Waals surface area (Å²) in [6.07, 6.45) is 0.588. The molecule has 0 fully saturated rings. The molecule has 2 N–H and O–H groups in total. The third kappa shape index (κ3) is 6.70. The van der Waals surface area contributed by atoms with Crippen LogP contribution < -0.4 is 10.1 Å². The van der Waals surface area contributed by atoms with Gasteiger partial charge >= 0.3 is 0 Å². The number of para-hydroxylation sites is 1. The average Bonchev–Trinajstić information content (AvgIpc) is 2.36. The Labute approximate surface area is 129 Å². The smallest absolute Gasteiger partial charge is 0.137 e. The Morgan fingerprint density at radius 2 is 2.05 bits per heavy atom. The van der Waals surface area contributed by atoms with Crippen LogP contribution in [0.5, 0.6) is 5.75 Å². The molecule has 1 rings (SSSR count). The van der Waals surface area contributed by atoms with Gasteiger partial charge in [0.25, 0.3) is 0 Å². The van der Waals surface area contributed by atoms with Gasteiger partial charge in [0.2, 0.25) is 0 Å². The van der Waals surface area contributed by atoms with Crippen molar-refractivity contribution in [2.75, 3.05) is 26.9 Å². The molecule has 0 aromatic heterocycles. The molecule has 5 heteroatoms. The molecule has 0 aliphatic rings. The van der Waals surface area contributed by atoms with Crippen molar-refractivity contribution in [3.63, 3.8) is 0 Å². The van der Waals surface area contributed by atoms with Gasteiger partial charge in [-0.05, 0) is 35.8 Å². The van der Waals surface area contributed by atoms with E-state index in [-0.39, 0.29) is 0 Å². The van der Waals surface area contributed by atoms with Gasteiger partial charge in [-0.2, -0.15) is 0 Å². The summed E-state index contributed by atoms with van der Waals surface area (Å²) in [5.41, 5.74) is 0.379. The van der Waals surface area contributed by atoms with Crippen molar-refractivity contribution in [3.05, 3.63) is 28.2 Å². The first kappa shape index (κ1) is 17.4. The third-order valence-electron chi connectivity index (χ3n) is 2.81. The van der Waals surface area contributed by atoms with Crippen LogP contribution in [0.3, 0.4) is 0 Å². The molecule has 0 saturated heterocycles. The molecule has 0 amide bonds. The molecular formula is C15H24BrNO3. The molecular weight excluding hydrogens is 322 g/mol. The minimum absolute atomic E-state index is 0.483. The lowest BCUT2D eigenvalue weighted by Gasteiger charge is -2.19. The van der Waals surface area contributed by atoms with Gasteiger partial charge < -0.3 is 19.9 Å². The number of hydrogen-bond donors (Lipinski definition) is 2. The standard InChI is InChI=1S/C15H24BrNO3/c1-15(2,18)7-9-20-14-12(5-4-6-13(14)16)11-17-8-10-19-3/h4-6,17-18H,7-11H2,1-3H3. The molecule has 0 atom stereocenters. The number of nitrogens with one attached hydrogen (secondary N) is 1. The lowest BCUT2D eigenvalue weighted by molar-refractivity contribution is 0.0550. The van der Waals surface area contributed by atoms with Crippen molar-refractivity contribution in [1.29, 1.82) is 0 Å². The Hall–Kier alpha value is -0.620. The first-order chi connectivity index (χ1) is 9.44. The summed E-state index contributed by atoms with van der Waals surface area (Å²) in [6.45, 7) is 6.25. The SMILES string of the molecule is COCCNCc1cccc(Br)c1OCCC(C)(C)O. The lowest BCUT2D eigenvalue weighted by Crippen LogP contribution is -2.22. The predicted octanol–water partition coefficient (Wildman–Crippen LogP) is 2.72. The van der Waals surface area contributed by atoms with E-state index in [1.165, 1.54) is 0 Å². The van der Waals surface area contributed by atoms with E-state index in [1.54, 1.807) is 21.0 Å². The summed E-state index contributed by atoms with van der Waals surface area (Å²) in [6, 6.07) is 5.97. The second-order valence-corrected chi connectivity index (χ2v) is 6.16. The van der Waals surface area contributed by atoms with Crippen molar-refractivity contribution < 1.29 is 14.6 Å². The van der Waals surface area contributed by atoms with Crippen molar-refractivity contribution in [2.24, 2.45) is 0 Å². The number of ether oxygens (including phenoxy) is 2. The normalized spacial score (nSPS) is 11.7. The van der Waals surface area contributed by atoms with E-state index < -0.39 is 5.60 Å². The molecule has 0 unspecified atom stereocenters. The maximum absolute atomic E-state index is 9.72. The second-order valence-electron chi connectivity index (χ2n) is 5.31. The quantitative estimate of drug-likeness (QED) is 0.675. The molecule has 1 aromatic carbocycles. The van der Waals surface area contributed by atoms with Gasteiger partial charge in [-0.1, -0.05) is 12.1 Å². The van der Waals surface area contributed by atoms with Crippen LogP contribution in [0, 0.1) is 0 Å². The van der Waals surface area contributed by atoms with E-state index >= 15 is 0 Å². The molecule has 0 heterocycles. The monoisotopic (exact) mass is 345 g/mol. The van der Waals surface area contributed by atoms with Gasteiger partial charge in [0.15, 0.2) is 0 Å². The fraction of sp³-hybridized carbons (Fsp3) is 0.600. The Morgan fingerprint density at radius 1 is 1.30 bits per heavy atom. The molecule has 0 aliphatic heterocycles. The highest BCUT2D eigenvalue weighted by Gasteiger charge is 2.14. The summed E-state index contributed by atoms with van der Waals surface area (Å²) in [5.74, 6) is 0.835. The summed E-state index contributed by atoms with van der Waals surface area (Å²) < 4.78 is 11.8. The average molecular weight is 346 g/mol. The van der Waals surface area contributed by atoms with Crippen LogP contribution in [0.25, 0.3) is 0 Å². The zero-order chi connectivity index (χ0) is 15.0. The highest BCUT2D eigenvalue weighted by atomic mass is 79.9. The largest absolute Gasteiger partial charge is 0.492 e. The minimum Gasteiger partial charge on any atom is -0.492 e. The fourth-order valence-electron chi connectivity index (χ4n) is 1.65. The highest BCUT2D eigenvalue weighted by molar-refractivity contribution is 9.10. The molecule has 4 nitrogen and oxygen atoms in total. The van der Waals surface area contributed by atoms with Crippen molar-refractivity contribution in [1.82, 2.24) is 5.32 Å². The van der Waals surface area contributed by atoms with Crippen LogP contribution in [-0.2, 0) is 11.3 Å². The zero-order valence-electron chi connectivity index (χ0n) is 12.4. The molecule has 0 saturated carbocycles. The number of rotatable bonds is 9. The molecule has 0 radical (unpaired) electrons. The Bertz CT molecular complexity index is 405. The Kier molecular flexibility index (Phi) is 7.51. The van der Waals surface area contributed by atoms with Crippen LogP contribution >= 0.6 is 15.9 Å². The van der Waals surface area contributed by atoms with Gasteiger partial charge in [-0.3, -0.25) is 0 Å². The van der Waals surface area contributed by atoms with Gasteiger partial charge in [-0.25, -0.2) is 0 Å². The maximum Gasteiger partial charge on any atom is 0.137 e. The van der Waals surface area contributed by atoms with E-state index in [0.29, 0.717) is 19.6 Å². The topological polar surface area (TPSA) is 50.7 Å². The van der Waals surface area contributed by atoms with Gasteiger partial charge in [0.05, 0.1) is 23.3 Å². The number of methoxy groups -OCH3 is 1. The predicted molar refractivity (Wildman–Crippen MR) is 84.1 cm³/mol. The Morgan fingerprint density at radius 3 is 2.70 bits per heavy atom. The van der Waals surface area contributed by atoms with Gasteiger partial charge in [-0.15, -0.1) is 0 Å². The number of hydrogen-bond acceptors (Lipinski definition) is 4. The van der Waals surface area contributed by atoms with E-state index in [2.05, 4.69) is 21.2 Å². The molecule has 0 aliphatic carbocycles. The van der Waals surface area contributed by atoms with Gasteiger partial charge in [0.1, 0.15) is 5.75 Å². The number of benzene rings is 1. The van der Waals surface area contributed by atoms with Crippen LogP contribution in [0.4, 0.5) is 0 Å². The summed E-state index contributed by atoms with van der Waals surface area (Å²) >= 11 is 3.51. The first-order valence-corrected chi connectivity index (χ1v) is 7.55. The maximum atomic E-state index is 9.72. The zero-order valence-corrected chi connectivity index (χ0v) is 14.0. The Balaban J connectivity index is 2.58. The van der Waals surface area contributed by atoms with Crippen LogP contribution in [0.1, 0.15) is 25.8 Å². The van der Waals surface area contributed by atoms with Crippen molar-refractivity contribution in [3.8, 4) is 5.75 Å². The molecule has 0 bridgehead atoms. The fourth-order valence-corrected chi connectivity index (χ4v) is 2.18. The van der Waals surface area contributed by atoms with Gasteiger partial charge in [0, 0.05) is 32.2 Å². The van der Waals surface area contributed by atoms with E-state index in [9.17, 15) is 5.11 Å². The minimum atomic E-state index is -0.710. The summed E-state index contributed by atoms with van der Waals surface area (Å²) in [5, 5.41) is 13.0.